The van der Waals surface area contributed by atoms with Crippen LogP contribution in [-0.2, 0) is 5.54 Å². The lowest BCUT2D eigenvalue weighted by Crippen LogP contribution is -2.44. The number of hydrogen-bond donors (Lipinski definition) is 1. The molecule has 0 fully saturated rings. The summed E-state index contributed by atoms with van der Waals surface area (Å²) in [5, 5.41) is 11.0. The van der Waals surface area contributed by atoms with Crippen molar-refractivity contribution in [2.75, 3.05) is 6.54 Å². The maximum Gasteiger partial charge on any atom is 0.401 e. The minimum Gasteiger partial charge on any atom is -0.287 e. The second-order valence-electron chi connectivity index (χ2n) is 3.83. The number of benzene rings is 1. The molecule has 0 radical (unpaired) electrons. The van der Waals surface area contributed by atoms with E-state index in [4.69, 9.17) is 5.26 Å². The van der Waals surface area contributed by atoms with Crippen LogP contribution in [0.5, 0.6) is 0 Å². The standard InChI is InChI=1S/C11H9BrF4N2/c1-10(5-17,18-6-11(14,15)16)8-3-2-7(12)4-9(8)13/h2-4,18H,6H2,1H3. The van der Waals surface area contributed by atoms with E-state index in [0.29, 0.717) is 4.47 Å². The number of nitriles is 1. The van der Waals surface area contributed by atoms with Gasteiger partial charge < -0.3 is 0 Å². The first-order valence-corrected chi connectivity index (χ1v) is 5.66. The zero-order valence-corrected chi connectivity index (χ0v) is 10.9. The molecule has 0 heterocycles. The highest BCUT2D eigenvalue weighted by molar-refractivity contribution is 9.10. The largest absolute Gasteiger partial charge is 0.401 e. The van der Waals surface area contributed by atoms with Gasteiger partial charge in [-0.2, -0.15) is 18.4 Å². The molecule has 1 aromatic carbocycles. The molecule has 0 aromatic heterocycles. The first-order chi connectivity index (χ1) is 8.18. The predicted molar refractivity (Wildman–Crippen MR) is 61.1 cm³/mol. The Labute approximate surface area is 110 Å². The topological polar surface area (TPSA) is 35.8 Å². The quantitative estimate of drug-likeness (QED) is 0.864. The van der Waals surface area contributed by atoms with Gasteiger partial charge in [-0.3, -0.25) is 5.32 Å². The van der Waals surface area contributed by atoms with Gasteiger partial charge in [0.2, 0.25) is 0 Å². The molecule has 1 atom stereocenters. The highest BCUT2D eigenvalue weighted by Crippen LogP contribution is 2.26. The van der Waals surface area contributed by atoms with Crippen LogP contribution in [0.2, 0.25) is 0 Å². The molecule has 2 nitrogen and oxygen atoms in total. The minimum atomic E-state index is -4.47. The maximum atomic E-state index is 13.7. The summed E-state index contributed by atoms with van der Waals surface area (Å²) in [7, 11) is 0. The first kappa shape index (κ1) is 14.9. The zero-order chi connectivity index (χ0) is 14.0. The lowest BCUT2D eigenvalue weighted by atomic mass is 9.93. The second-order valence-corrected chi connectivity index (χ2v) is 4.75. The van der Waals surface area contributed by atoms with Crippen molar-refractivity contribution in [2.45, 2.75) is 18.6 Å². The number of alkyl halides is 3. The molecule has 0 spiro atoms. The lowest BCUT2D eigenvalue weighted by Gasteiger charge is -2.25. The van der Waals surface area contributed by atoms with Crippen LogP contribution in [0.3, 0.4) is 0 Å². The molecule has 1 N–H and O–H groups in total. The Hall–Kier alpha value is -1.13. The Kier molecular flexibility index (Phi) is 4.35. The van der Waals surface area contributed by atoms with Crippen LogP contribution in [0.4, 0.5) is 17.6 Å². The molecule has 0 aliphatic heterocycles. The third-order valence-corrected chi connectivity index (χ3v) is 2.83. The molecule has 1 aromatic rings. The van der Waals surface area contributed by atoms with E-state index >= 15 is 0 Å². The average molecular weight is 325 g/mol. The summed E-state index contributed by atoms with van der Waals surface area (Å²) in [4.78, 5) is 0. The number of nitrogens with zero attached hydrogens (tertiary/aromatic N) is 1. The van der Waals surface area contributed by atoms with Crippen LogP contribution in [-0.4, -0.2) is 12.7 Å². The van der Waals surface area contributed by atoms with Gasteiger partial charge in [-0.15, -0.1) is 0 Å². The SMILES string of the molecule is CC(C#N)(NCC(F)(F)F)c1ccc(Br)cc1F. The third kappa shape index (κ3) is 3.68. The van der Waals surface area contributed by atoms with Gasteiger partial charge in [-0.05, 0) is 19.1 Å². The van der Waals surface area contributed by atoms with Crippen molar-refractivity contribution in [2.24, 2.45) is 0 Å². The maximum absolute atomic E-state index is 13.7. The fourth-order valence-electron chi connectivity index (χ4n) is 1.37. The highest BCUT2D eigenvalue weighted by atomic mass is 79.9. The van der Waals surface area contributed by atoms with Crippen molar-refractivity contribution in [3.63, 3.8) is 0 Å². The van der Waals surface area contributed by atoms with Crippen molar-refractivity contribution in [3.05, 3.63) is 34.1 Å². The van der Waals surface area contributed by atoms with E-state index in [1.165, 1.54) is 19.1 Å². The van der Waals surface area contributed by atoms with Gasteiger partial charge in [0.25, 0.3) is 0 Å². The number of rotatable bonds is 3. The third-order valence-electron chi connectivity index (χ3n) is 2.34. The molecule has 7 heteroatoms. The lowest BCUT2D eigenvalue weighted by molar-refractivity contribution is -0.127. The summed E-state index contributed by atoms with van der Waals surface area (Å²) >= 11 is 3.03. The van der Waals surface area contributed by atoms with Crippen molar-refractivity contribution >= 4 is 15.9 Å². The Morgan fingerprint density at radius 1 is 1.39 bits per heavy atom. The Morgan fingerprint density at radius 2 is 2.00 bits per heavy atom. The fourth-order valence-corrected chi connectivity index (χ4v) is 1.70. The summed E-state index contributed by atoms with van der Waals surface area (Å²) in [5.41, 5.74) is -1.86. The van der Waals surface area contributed by atoms with Crippen molar-refractivity contribution in [1.29, 1.82) is 5.26 Å². The van der Waals surface area contributed by atoms with Crippen LogP contribution < -0.4 is 5.32 Å². The van der Waals surface area contributed by atoms with Gasteiger partial charge >= 0.3 is 6.18 Å². The average Bonchev–Trinajstić information content (AvgIpc) is 2.25. The molecular formula is C11H9BrF4N2. The fraction of sp³-hybridized carbons (Fsp3) is 0.364. The van der Waals surface area contributed by atoms with E-state index in [1.807, 2.05) is 5.32 Å². The normalized spacial score (nSPS) is 14.9. The van der Waals surface area contributed by atoms with Crippen LogP contribution in [0, 0.1) is 17.1 Å². The molecule has 0 saturated carbocycles. The van der Waals surface area contributed by atoms with E-state index < -0.39 is 24.1 Å². The van der Waals surface area contributed by atoms with Gasteiger partial charge in [0.1, 0.15) is 11.4 Å². The Balaban J connectivity index is 3.04. The zero-order valence-electron chi connectivity index (χ0n) is 9.28. The highest BCUT2D eigenvalue weighted by Gasteiger charge is 2.35. The molecule has 1 unspecified atom stereocenters. The van der Waals surface area contributed by atoms with Gasteiger partial charge in [-0.1, -0.05) is 22.0 Å². The van der Waals surface area contributed by atoms with Gasteiger partial charge in [-0.25, -0.2) is 4.39 Å². The Morgan fingerprint density at radius 3 is 2.44 bits per heavy atom. The molecule has 98 valence electrons. The van der Waals surface area contributed by atoms with Crippen LogP contribution in [0.25, 0.3) is 0 Å². The summed E-state index contributed by atoms with van der Waals surface area (Å²) in [6.07, 6.45) is -4.47. The van der Waals surface area contributed by atoms with E-state index in [1.54, 1.807) is 6.07 Å². The minimum absolute atomic E-state index is 0.127. The number of hydrogen-bond acceptors (Lipinski definition) is 2. The summed E-state index contributed by atoms with van der Waals surface area (Å²) in [6, 6.07) is 5.49. The molecule has 1 rings (SSSR count). The monoisotopic (exact) mass is 324 g/mol. The summed E-state index contributed by atoms with van der Waals surface area (Å²) < 4.78 is 50.5. The van der Waals surface area contributed by atoms with E-state index in [9.17, 15) is 17.6 Å². The van der Waals surface area contributed by atoms with E-state index in [-0.39, 0.29) is 5.56 Å². The molecule has 0 amide bonds. The van der Waals surface area contributed by atoms with Gasteiger partial charge in [0.05, 0.1) is 12.6 Å². The first-order valence-electron chi connectivity index (χ1n) is 4.86. The van der Waals surface area contributed by atoms with Crippen LogP contribution in [0.1, 0.15) is 12.5 Å². The Bertz CT molecular complexity index is 481. The predicted octanol–water partition coefficient (Wildman–Crippen LogP) is 3.48. The van der Waals surface area contributed by atoms with Crippen molar-refractivity contribution < 1.29 is 17.6 Å². The summed E-state index contributed by atoms with van der Waals surface area (Å²) in [6.45, 7) is -0.169. The van der Waals surface area contributed by atoms with Crippen LogP contribution >= 0.6 is 15.9 Å². The van der Waals surface area contributed by atoms with Gasteiger partial charge in [0.15, 0.2) is 0 Å². The molecule has 18 heavy (non-hydrogen) atoms. The smallest absolute Gasteiger partial charge is 0.287 e. The number of nitrogens with one attached hydrogen (secondary N) is 1. The van der Waals surface area contributed by atoms with Crippen LogP contribution in [0.15, 0.2) is 22.7 Å². The number of halogens is 5. The van der Waals surface area contributed by atoms with E-state index in [0.717, 1.165) is 6.07 Å². The van der Waals surface area contributed by atoms with E-state index in [2.05, 4.69) is 15.9 Å². The molecular weight excluding hydrogens is 316 g/mol. The molecule has 0 saturated heterocycles. The van der Waals surface area contributed by atoms with Crippen molar-refractivity contribution in [1.82, 2.24) is 5.32 Å². The molecule has 0 aliphatic rings. The second kappa shape index (κ2) is 5.24. The van der Waals surface area contributed by atoms with Crippen molar-refractivity contribution in [3.8, 4) is 6.07 Å². The molecule has 0 bridgehead atoms. The van der Waals surface area contributed by atoms with Gasteiger partial charge in [0, 0.05) is 10.0 Å². The molecule has 0 aliphatic carbocycles. The summed E-state index contributed by atoms with van der Waals surface area (Å²) in [5.74, 6) is -0.747.